The molecule has 1 aromatic rings. The minimum atomic E-state index is -0.647. The van der Waals surface area contributed by atoms with Crippen molar-refractivity contribution < 1.29 is 4.79 Å². The highest BCUT2D eigenvalue weighted by molar-refractivity contribution is 8.13. The van der Waals surface area contributed by atoms with Crippen LogP contribution in [0.1, 0.15) is 38.5 Å². The Morgan fingerprint density at radius 3 is 2.19 bits per heavy atom. The maximum absolute atomic E-state index is 12.8. The summed E-state index contributed by atoms with van der Waals surface area (Å²) in [6.07, 6.45) is 6.71. The van der Waals surface area contributed by atoms with Crippen molar-refractivity contribution >= 4 is 16.9 Å². The molecule has 0 radical (unpaired) electrons. The second-order valence-corrected chi connectivity index (χ2v) is 7.86. The van der Waals surface area contributed by atoms with E-state index in [9.17, 15) is 14.4 Å². The van der Waals surface area contributed by atoms with Crippen LogP contribution in [0.2, 0.25) is 0 Å². The van der Waals surface area contributed by atoms with Crippen molar-refractivity contribution in [2.45, 2.75) is 43.6 Å². The molecule has 6 nitrogen and oxygen atoms in total. The van der Waals surface area contributed by atoms with Crippen LogP contribution in [-0.2, 0) is 4.79 Å². The average molecular weight is 307 g/mol. The first-order valence-electron chi connectivity index (χ1n) is 7.45. The van der Waals surface area contributed by atoms with E-state index in [2.05, 4.69) is 15.2 Å². The van der Waals surface area contributed by atoms with Gasteiger partial charge in [0.25, 0.3) is 5.56 Å². The van der Waals surface area contributed by atoms with Crippen LogP contribution in [0, 0.1) is 23.2 Å². The molecule has 2 N–H and O–H groups in total. The molecule has 4 fully saturated rings. The van der Waals surface area contributed by atoms with Gasteiger partial charge in [0.1, 0.15) is 0 Å². The lowest BCUT2D eigenvalue weighted by Crippen LogP contribution is -2.49. The predicted molar refractivity (Wildman–Crippen MR) is 76.9 cm³/mol. The second-order valence-electron chi connectivity index (χ2n) is 6.90. The van der Waals surface area contributed by atoms with E-state index in [1.165, 1.54) is 19.3 Å². The zero-order chi connectivity index (χ0) is 14.6. The monoisotopic (exact) mass is 307 g/mol. The van der Waals surface area contributed by atoms with E-state index in [1.54, 1.807) is 0 Å². The molecule has 112 valence electrons. The smallest absolute Gasteiger partial charge is 0.286 e. The van der Waals surface area contributed by atoms with Gasteiger partial charge in [-0.2, -0.15) is 5.10 Å². The van der Waals surface area contributed by atoms with Gasteiger partial charge in [0.05, 0.1) is 0 Å². The van der Waals surface area contributed by atoms with E-state index in [-0.39, 0.29) is 15.6 Å². The third-order valence-electron chi connectivity index (χ3n) is 5.34. The minimum absolute atomic E-state index is 0.0512. The number of H-pyrrole nitrogens is 2. The third kappa shape index (κ3) is 2.18. The van der Waals surface area contributed by atoms with Gasteiger partial charge < -0.3 is 0 Å². The molecule has 1 heterocycles. The van der Waals surface area contributed by atoms with Crippen molar-refractivity contribution in [2.24, 2.45) is 23.2 Å². The Morgan fingerprint density at radius 2 is 1.67 bits per heavy atom. The fourth-order valence-corrected chi connectivity index (χ4v) is 5.84. The maximum Gasteiger partial charge on any atom is 0.342 e. The van der Waals surface area contributed by atoms with Gasteiger partial charge >= 0.3 is 5.69 Å². The largest absolute Gasteiger partial charge is 0.342 e. The summed E-state index contributed by atoms with van der Waals surface area (Å²) in [5.41, 5.74) is -1.49. The zero-order valence-electron chi connectivity index (χ0n) is 11.6. The van der Waals surface area contributed by atoms with Crippen molar-refractivity contribution in [1.29, 1.82) is 0 Å². The first kappa shape index (κ1) is 13.3. The Balaban J connectivity index is 1.60. The number of rotatable bonds is 2. The van der Waals surface area contributed by atoms with Crippen LogP contribution in [0.25, 0.3) is 0 Å². The molecule has 0 amide bonds. The van der Waals surface area contributed by atoms with Gasteiger partial charge in [-0.3, -0.25) is 14.6 Å². The number of carbonyl (C=O) groups is 1. The van der Waals surface area contributed by atoms with E-state index in [0.29, 0.717) is 17.8 Å². The van der Waals surface area contributed by atoms with E-state index < -0.39 is 11.2 Å². The highest BCUT2D eigenvalue weighted by Gasteiger charge is 2.54. The third-order valence-corrected chi connectivity index (χ3v) is 6.43. The Morgan fingerprint density at radius 1 is 1.10 bits per heavy atom. The molecule has 4 aliphatic rings. The van der Waals surface area contributed by atoms with E-state index in [1.807, 2.05) is 0 Å². The van der Waals surface area contributed by atoms with Crippen LogP contribution in [0.15, 0.2) is 14.6 Å². The highest BCUT2D eigenvalue weighted by atomic mass is 32.2. The number of hydrogen-bond donors (Lipinski definition) is 2. The van der Waals surface area contributed by atoms with E-state index in [0.717, 1.165) is 31.0 Å². The summed E-state index contributed by atoms with van der Waals surface area (Å²) < 4.78 is 0. The molecule has 4 bridgehead atoms. The maximum atomic E-state index is 12.8. The average Bonchev–Trinajstić information content (AvgIpc) is 2.40. The van der Waals surface area contributed by atoms with Gasteiger partial charge in [-0.1, -0.05) is 0 Å². The molecule has 5 rings (SSSR count). The first-order chi connectivity index (χ1) is 10.0. The van der Waals surface area contributed by atoms with Crippen LogP contribution in [0.3, 0.4) is 0 Å². The molecule has 0 aromatic carbocycles. The minimum Gasteiger partial charge on any atom is -0.286 e. The Hall–Kier alpha value is -1.37. The van der Waals surface area contributed by atoms with Crippen molar-refractivity contribution in [1.82, 2.24) is 15.2 Å². The van der Waals surface area contributed by atoms with Crippen LogP contribution in [-0.4, -0.2) is 20.3 Å². The number of thioether (sulfide) groups is 1. The Bertz CT molecular complexity index is 673. The molecule has 0 unspecified atom stereocenters. The lowest BCUT2D eigenvalue weighted by molar-refractivity contribution is -0.134. The molecule has 1 aromatic heterocycles. The molecule has 7 heteroatoms. The first-order valence-corrected chi connectivity index (χ1v) is 8.27. The summed E-state index contributed by atoms with van der Waals surface area (Å²) in [6, 6.07) is 0. The van der Waals surface area contributed by atoms with Crippen molar-refractivity contribution in [3.8, 4) is 0 Å². The number of carbonyl (C=O) groups excluding carboxylic acids is 1. The van der Waals surface area contributed by atoms with Crippen molar-refractivity contribution in [3.63, 3.8) is 0 Å². The van der Waals surface area contributed by atoms with Crippen molar-refractivity contribution in [2.75, 3.05) is 0 Å². The van der Waals surface area contributed by atoms with Gasteiger partial charge in [-0.15, -0.1) is 0 Å². The Kier molecular flexibility index (Phi) is 2.89. The van der Waals surface area contributed by atoms with E-state index in [4.69, 9.17) is 0 Å². The number of aromatic nitrogens is 3. The normalized spacial score (nSPS) is 36.9. The number of aromatic amines is 2. The summed E-state index contributed by atoms with van der Waals surface area (Å²) in [5.74, 6) is 2.05. The summed E-state index contributed by atoms with van der Waals surface area (Å²) in [6.45, 7) is 0. The lowest BCUT2D eigenvalue weighted by Gasteiger charge is -2.55. The summed E-state index contributed by atoms with van der Waals surface area (Å²) in [5, 5.41) is 6.00. The van der Waals surface area contributed by atoms with Crippen molar-refractivity contribution in [3.05, 3.63) is 20.8 Å². The van der Waals surface area contributed by atoms with E-state index >= 15 is 0 Å². The lowest BCUT2D eigenvalue weighted by atomic mass is 9.50. The van der Waals surface area contributed by atoms with Crippen LogP contribution in [0.4, 0.5) is 0 Å². The van der Waals surface area contributed by atoms with Gasteiger partial charge in [0, 0.05) is 5.41 Å². The predicted octanol–water partition coefficient (Wildman–Crippen LogP) is 1.29. The van der Waals surface area contributed by atoms with Crippen LogP contribution in [0.5, 0.6) is 0 Å². The summed E-state index contributed by atoms with van der Waals surface area (Å²) in [7, 11) is 0. The summed E-state index contributed by atoms with van der Waals surface area (Å²) in [4.78, 5) is 37.6. The second kappa shape index (κ2) is 4.56. The van der Waals surface area contributed by atoms with Gasteiger partial charge in [-0.25, -0.2) is 9.89 Å². The Labute approximate surface area is 125 Å². The molecule has 0 saturated heterocycles. The molecule has 21 heavy (non-hydrogen) atoms. The highest BCUT2D eigenvalue weighted by Crippen LogP contribution is 2.61. The fraction of sp³-hybridized carbons (Fsp3) is 0.714. The standard InChI is InChI=1S/C14H17N3O3S/c18-10-11(16-17-13(20)15-10)21-12(19)14-4-7-1-8(5-14)3-9(2-7)6-14/h7-9H,1-6H2,(H2,15,17,18,20). The molecular weight excluding hydrogens is 290 g/mol. The number of nitrogens with one attached hydrogen (secondary N) is 2. The van der Waals surface area contributed by atoms with Gasteiger partial charge in [-0.05, 0) is 68.0 Å². The molecule has 0 spiro atoms. The molecule has 4 aliphatic carbocycles. The van der Waals surface area contributed by atoms with Gasteiger partial charge in [0.15, 0.2) is 5.03 Å². The fourth-order valence-electron chi connectivity index (χ4n) is 4.96. The van der Waals surface area contributed by atoms with Crippen LogP contribution < -0.4 is 11.2 Å². The topological polar surface area (TPSA) is 95.7 Å². The van der Waals surface area contributed by atoms with Crippen LogP contribution >= 0.6 is 11.8 Å². The molecule has 0 aliphatic heterocycles. The number of hydrogen-bond acceptors (Lipinski definition) is 5. The number of nitrogens with zero attached hydrogens (tertiary/aromatic N) is 1. The van der Waals surface area contributed by atoms with Gasteiger partial charge in [0.2, 0.25) is 5.12 Å². The summed E-state index contributed by atoms with van der Waals surface area (Å²) >= 11 is 0.903. The quantitative estimate of drug-likeness (QED) is 0.803. The zero-order valence-corrected chi connectivity index (χ0v) is 12.4. The molecule has 0 atom stereocenters. The SMILES string of the molecule is O=C(Sc1n[nH]c(=O)[nH]c1=O)C12CC3CC(CC(C3)C1)C2. The molecular formula is C14H17N3O3S. The molecule has 4 saturated carbocycles.